The van der Waals surface area contributed by atoms with E-state index in [9.17, 15) is 0 Å². The summed E-state index contributed by atoms with van der Waals surface area (Å²) in [5.74, 6) is 0. The standard InChI is InChI=1S/C13H16Cl2N4/c1-3-6-16-12(11-9(14)5-4-7-17-11)13-10(15)8-18-19(13)2/h4-5,7-8,12,16H,3,6H2,1-2H3. The van der Waals surface area contributed by atoms with E-state index in [0.717, 1.165) is 24.4 Å². The molecule has 0 aliphatic carbocycles. The number of halogens is 2. The summed E-state index contributed by atoms with van der Waals surface area (Å²) in [5, 5.41) is 8.82. The van der Waals surface area contributed by atoms with E-state index in [1.54, 1.807) is 17.1 Å². The lowest BCUT2D eigenvalue weighted by Crippen LogP contribution is -2.26. The molecule has 0 saturated heterocycles. The predicted octanol–water partition coefficient (Wildman–Crippen LogP) is 3.21. The van der Waals surface area contributed by atoms with Crippen LogP contribution in [-0.4, -0.2) is 21.3 Å². The predicted molar refractivity (Wildman–Crippen MR) is 77.6 cm³/mol. The molecule has 0 fully saturated rings. The quantitative estimate of drug-likeness (QED) is 0.922. The highest BCUT2D eigenvalue weighted by atomic mass is 35.5. The monoisotopic (exact) mass is 298 g/mol. The van der Waals surface area contributed by atoms with Gasteiger partial charge in [-0.3, -0.25) is 9.67 Å². The molecule has 6 heteroatoms. The fourth-order valence-electron chi connectivity index (χ4n) is 1.97. The molecule has 1 atom stereocenters. The van der Waals surface area contributed by atoms with Crippen molar-refractivity contribution in [3.8, 4) is 0 Å². The maximum absolute atomic E-state index is 6.24. The van der Waals surface area contributed by atoms with Gasteiger partial charge in [0.2, 0.25) is 0 Å². The highest BCUT2D eigenvalue weighted by Crippen LogP contribution is 2.30. The first kappa shape index (κ1) is 14.3. The topological polar surface area (TPSA) is 42.7 Å². The van der Waals surface area contributed by atoms with E-state index in [4.69, 9.17) is 23.2 Å². The molecule has 0 aliphatic rings. The van der Waals surface area contributed by atoms with Crippen molar-refractivity contribution in [3.63, 3.8) is 0 Å². The molecule has 0 amide bonds. The van der Waals surface area contributed by atoms with Gasteiger partial charge in [-0.2, -0.15) is 5.10 Å². The van der Waals surface area contributed by atoms with Crippen LogP contribution in [0.2, 0.25) is 10.0 Å². The number of nitrogens with zero attached hydrogens (tertiary/aromatic N) is 3. The summed E-state index contributed by atoms with van der Waals surface area (Å²) in [6.07, 6.45) is 4.37. The summed E-state index contributed by atoms with van der Waals surface area (Å²) in [5.41, 5.74) is 1.64. The molecule has 0 aromatic carbocycles. The highest BCUT2D eigenvalue weighted by molar-refractivity contribution is 6.32. The molecule has 2 rings (SSSR count). The fraction of sp³-hybridized carbons (Fsp3) is 0.385. The third-order valence-corrected chi connectivity index (χ3v) is 3.48. The van der Waals surface area contributed by atoms with E-state index in [1.165, 1.54) is 0 Å². The largest absolute Gasteiger partial charge is 0.304 e. The van der Waals surface area contributed by atoms with Crippen molar-refractivity contribution >= 4 is 23.2 Å². The van der Waals surface area contributed by atoms with E-state index in [1.807, 2.05) is 19.2 Å². The minimum atomic E-state index is -0.159. The van der Waals surface area contributed by atoms with Crippen LogP contribution in [0, 0.1) is 0 Å². The molecule has 2 aromatic rings. The van der Waals surface area contributed by atoms with Crippen molar-refractivity contribution in [2.24, 2.45) is 7.05 Å². The van der Waals surface area contributed by atoms with Crippen LogP contribution < -0.4 is 5.32 Å². The summed E-state index contributed by atoms with van der Waals surface area (Å²) >= 11 is 12.5. The number of aromatic nitrogens is 3. The Bertz CT molecular complexity index is 534. The summed E-state index contributed by atoms with van der Waals surface area (Å²) < 4.78 is 1.75. The van der Waals surface area contributed by atoms with Crippen LogP contribution in [0.25, 0.3) is 0 Å². The Labute approximate surface area is 122 Å². The van der Waals surface area contributed by atoms with Gasteiger partial charge in [0, 0.05) is 13.2 Å². The fourth-order valence-corrected chi connectivity index (χ4v) is 2.47. The van der Waals surface area contributed by atoms with Gasteiger partial charge in [0.1, 0.15) is 0 Å². The third kappa shape index (κ3) is 3.08. The van der Waals surface area contributed by atoms with Crippen molar-refractivity contribution in [1.82, 2.24) is 20.1 Å². The second-order valence-electron chi connectivity index (χ2n) is 4.26. The number of pyridine rings is 1. The van der Waals surface area contributed by atoms with Crippen molar-refractivity contribution in [2.75, 3.05) is 6.54 Å². The first-order valence-corrected chi connectivity index (χ1v) is 6.92. The van der Waals surface area contributed by atoms with Gasteiger partial charge < -0.3 is 5.32 Å². The maximum Gasteiger partial charge on any atom is 0.0952 e. The van der Waals surface area contributed by atoms with Crippen molar-refractivity contribution in [2.45, 2.75) is 19.4 Å². The Balaban J connectivity index is 2.45. The number of hydrogen-bond donors (Lipinski definition) is 1. The van der Waals surface area contributed by atoms with Crippen LogP contribution in [0.1, 0.15) is 30.8 Å². The Morgan fingerprint density at radius 1 is 1.37 bits per heavy atom. The van der Waals surface area contributed by atoms with Crippen molar-refractivity contribution < 1.29 is 0 Å². The SMILES string of the molecule is CCCNC(c1ncccc1Cl)c1c(Cl)cnn1C. The smallest absolute Gasteiger partial charge is 0.0952 e. The molecule has 2 heterocycles. The zero-order valence-corrected chi connectivity index (χ0v) is 12.4. The van der Waals surface area contributed by atoms with E-state index in [0.29, 0.717) is 10.0 Å². The lowest BCUT2D eigenvalue weighted by molar-refractivity contribution is 0.544. The number of hydrogen-bond acceptors (Lipinski definition) is 3. The van der Waals surface area contributed by atoms with Gasteiger partial charge in [-0.25, -0.2) is 0 Å². The van der Waals surface area contributed by atoms with E-state index >= 15 is 0 Å². The molecule has 1 N–H and O–H groups in total. The van der Waals surface area contributed by atoms with Crippen LogP contribution in [0.15, 0.2) is 24.5 Å². The van der Waals surface area contributed by atoms with Gasteiger partial charge in [0.25, 0.3) is 0 Å². The molecular weight excluding hydrogens is 283 g/mol. The molecule has 0 spiro atoms. The van der Waals surface area contributed by atoms with Gasteiger partial charge in [-0.1, -0.05) is 30.1 Å². The van der Waals surface area contributed by atoms with Crippen LogP contribution >= 0.6 is 23.2 Å². The van der Waals surface area contributed by atoms with E-state index < -0.39 is 0 Å². The Kier molecular flexibility index (Phi) is 4.80. The van der Waals surface area contributed by atoms with Crippen molar-refractivity contribution in [3.05, 3.63) is 46.0 Å². The number of nitrogens with one attached hydrogen (secondary N) is 1. The first-order valence-electron chi connectivity index (χ1n) is 6.16. The van der Waals surface area contributed by atoms with Gasteiger partial charge in [0.15, 0.2) is 0 Å². The average molecular weight is 299 g/mol. The Hall–Kier alpha value is -1.10. The molecular formula is C13H16Cl2N4. The third-order valence-electron chi connectivity index (χ3n) is 2.87. The van der Waals surface area contributed by atoms with Crippen LogP contribution in [0.4, 0.5) is 0 Å². The lowest BCUT2D eigenvalue weighted by atomic mass is 10.1. The zero-order valence-electron chi connectivity index (χ0n) is 10.9. The summed E-state index contributed by atoms with van der Waals surface area (Å²) in [7, 11) is 1.86. The molecule has 0 saturated carbocycles. The summed E-state index contributed by atoms with van der Waals surface area (Å²) in [4.78, 5) is 4.38. The van der Waals surface area contributed by atoms with Gasteiger partial charge in [0.05, 0.1) is 33.7 Å². The molecule has 0 radical (unpaired) electrons. The maximum atomic E-state index is 6.24. The van der Waals surface area contributed by atoms with Gasteiger partial charge in [-0.15, -0.1) is 0 Å². The number of aryl methyl sites for hydroxylation is 1. The molecule has 102 valence electrons. The first-order chi connectivity index (χ1) is 9.15. The van der Waals surface area contributed by atoms with Crippen molar-refractivity contribution in [1.29, 1.82) is 0 Å². The summed E-state index contributed by atoms with van der Waals surface area (Å²) in [6.45, 7) is 2.95. The second-order valence-corrected chi connectivity index (χ2v) is 5.07. The Morgan fingerprint density at radius 3 is 2.74 bits per heavy atom. The molecule has 4 nitrogen and oxygen atoms in total. The molecule has 19 heavy (non-hydrogen) atoms. The Morgan fingerprint density at radius 2 is 2.16 bits per heavy atom. The van der Waals surface area contributed by atoms with Gasteiger partial charge in [-0.05, 0) is 25.1 Å². The molecule has 1 unspecified atom stereocenters. The molecule has 2 aromatic heterocycles. The van der Waals surface area contributed by atoms with Crippen LogP contribution in [0.3, 0.4) is 0 Å². The lowest BCUT2D eigenvalue weighted by Gasteiger charge is -2.20. The average Bonchev–Trinajstić information content (AvgIpc) is 2.73. The minimum absolute atomic E-state index is 0.159. The van der Waals surface area contributed by atoms with Crippen LogP contribution in [0.5, 0.6) is 0 Å². The summed E-state index contributed by atoms with van der Waals surface area (Å²) in [6, 6.07) is 3.48. The normalized spacial score (nSPS) is 12.6. The highest BCUT2D eigenvalue weighted by Gasteiger charge is 2.23. The molecule has 0 bridgehead atoms. The second kappa shape index (κ2) is 6.37. The van der Waals surface area contributed by atoms with E-state index in [2.05, 4.69) is 22.3 Å². The minimum Gasteiger partial charge on any atom is -0.304 e. The zero-order chi connectivity index (χ0) is 13.8. The van der Waals surface area contributed by atoms with E-state index in [-0.39, 0.29) is 6.04 Å². The molecule has 0 aliphatic heterocycles. The number of rotatable bonds is 5. The van der Waals surface area contributed by atoms with Gasteiger partial charge >= 0.3 is 0 Å². The van der Waals surface area contributed by atoms with Crippen LogP contribution in [-0.2, 0) is 7.05 Å².